The van der Waals surface area contributed by atoms with Gasteiger partial charge in [-0.3, -0.25) is 0 Å². The van der Waals surface area contributed by atoms with Crippen LogP contribution >= 0.6 is 0 Å². The molecule has 0 fully saturated rings. The molecule has 0 radical (unpaired) electrons. The first-order chi connectivity index (χ1) is 7.56. The Morgan fingerprint density at radius 2 is 2.12 bits per heavy atom. The first-order valence-corrected chi connectivity index (χ1v) is 5.77. The lowest BCUT2D eigenvalue weighted by molar-refractivity contribution is 0.483. The summed E-state index contributed by atoms with van der Waals surface area (Å²) >= 11 is 0. The molecule has 1 atom stereocenters. The summed E-state index contributed by atoms with van der Waals surface area (Å²) in [5.74, 6) is 1.47. The Kier molecular flexibility index (Phi) is 2.97. The molecule has 3 N–H and O–H groups in total. The maximum Gasteiger partial charge on any atom is 0.108 e. The number of rotatable bonds is 3. The van der Waals surface area contributed by atoms with Gasteiger partial charge in [-0.2, -0.15) is 0 Å². The van der Waals surface area contributed by atoms with Crippen LogP contribution in [0.15, 0.2) is 18.2 Å². The van der Waals surface area contributed by atoms with Crippen molar-refractivity contribution < 1.29 is 0 Å². The van der Waals surface area contributed by atoms with Crippen LogP contribution in [0.3, 0.4) is 0 Å². The molecule has 0 amide bonds. The first-order valence-electron chi connectivity index (χ1n) is 5.77. The van der Waals surface area contributed by atoms with Gasteiger partial charge in [0.05, 0.1) is 11.0 Å². The van der Waals surface area contributed by atoms with Crippen LogP contribution in [0.5, 0.6) is 0 Å². The van der Waals surface area contributed by atoms with Crippen molar-refractivity contribution in [1.82, 2.24) is 9.97 Å². The molecule has 3 nitrogen and oxygen atoms in total. The summed E-state index contributed by atoms with van der Waals surface area (Å²) in [7, 11) is 0. The van der Waals surface area contributed by atoms with E-state index >= 15 is 0 Å². The summed E-state index contributed by atoms with van der Waals surface area (Å²) in [4.78, 5) is 7.87. The lowest BCUT2D eigenvalue weighted by Gasteiger charge is -2.13. The second-order valence-corrected chi connectivity index (χ2v) is 4.82. The molecule has 1 unspecified atom stereocenters. The van der Waals surface area contributed by atoms with Gasteiger partial charge in [-0.1, -0.05) is 19.9 Å². The zero-order chi connectivity index (χ0) is 11.7. The fourth-order valence-corrected chi connectivity index (χ4v) is 1.73. The molecule has 0 saturated carbocycles. The van der Waals surface area contributed by atoms with E-state index < -0.39 is 0 Å². The molecule has 2 aromatic rings. The van der Waals surface area contributed by atoms with Crippen molar-refractivity contribution >= 4 is 11.0 Å². The molecular formula is C13H19N3. The number of aryl methyl sites for hydroxylation is 1. The van der Waals surface area contributed by atoms with Gasteiger partial charge in [0.2, 0.25) is 0 Å². The minimum atomic E-state index is 0.168. The standard InChI is InChI=1S/C13H19N3/c1-8(2)10(14)7-13-15-11-5-4-9(3)6-12(11)16-13/h4-6,8,10H,7,14H2,1-3H3,(H,15,16). The number of benzene rings is 1. The zero-order valence-electron chi connectivity index (χ0n) is 10.1. The molecule has 0 bridgehead atoms. The normalized spacial score (nSPS) is 13.6. The van der Waals surface area contributed by atoms with E-state index in [0.717, 1.165) is 23.3 Å². The van der Waals surface area contributed by atoms with Crippen molar-refractivity contribution in [1.29, 1.82) is 0 Å². The fourth-order valence-electron chi connectivity index (χ4n) is 1.73. The van der Waals surface area contributed by atoms with Crippen LogP contribution in [0.25, 0.3) is 11.0 Å². The monoisotopic (exact) mass is 217 g/mol. The highest BCUT2D eigenvalue weighted by Crippen LogP contribution is 2.14. The highest BCUT2D eigenvalue weighted by atomic mass is 14.9. The Labute approximate surface area is 96.1 Å². The number of hydrogen-bond donors (Lipinski definition) is 2. The highest BCUT2D eigenvalue weighted by Gasteiger charge is 2.11. The maximum absolute atomic E-state index is 6.04. The van der Waals surface area contributed by atoms with Gasteiger partial charge in [0.1, 0.15) is 5.82 Å². The van der Waals surface area contributed by atoms with Crippen LogP contribution in [0.4, 0.5) is 0 Å². The van der Waals surface area contributed by atoms with Gasteiger partial charge in [-0.25, -0.2) is 4.98 Å². The minimum Gasteiger partial charge on any atom is -0.342 e. The third-order valence-corrected chi connectivity index (χ3v) is 2.97. The molecule has 0 saturated heterocycles. The average Bonchev–Trinajstić information content (AvgIpc) is 2.58. The third-order valence-electron chi connectivity index (χ3n) is 2.97. The molecule has 0 aliphatic heterocycles. The van der Waals surface area contributed by atoms with Gasteiger partial charge < -0.3 is 10.7 Å². The molecule has 1 aromatic carbocycles. The highest BCUT2D eigenvalue weighted by molar-refractivity contribution is 5.75. The van der Waals surface area contributed by atoms with Crippen molar-refractivity contribution in [2.45, 2.75) is 33.2 Å². The predicted octanol–water partition coefficient (Wildman–Crippen LogP) is 2.40. The summed E-state index contributed by atoms with van der Waals surface area (Å²) in [6, 6.07) is 6.41. The second-order valence-electron chi connectivity index (χ2n) is 4.82. The molecule has 1 heterocycles. The Morgan fingerprint density at radius 3 is 2.81 bits per heavy atom. The van der Waals surface area contributed by atoms with E-state index in [4.69, 9.17) is 5.73 Å². The predicted molar refractivity (Wildman–Crippen MR) is 67.3 cm³/mol. The number of hydrogen-bond acceptors (Lipinski definition) is 2. The number of nitrogens with two attached hydrogens (primary N) is 1. The lowest BCUT2D eigenvalue weighted by atomic mass is 10.0. The Balaban J connectivity index is 2.26. The largest absolute Gasteiger partial charge is 0.342 e. The Bertz CT molecular complexity index is 485. The van der Waals surface area contributed by atoms with E-state index in [0.29, 0.717) is 5.92 Å². The summed E-state index contributed by atoms with van der Waals surface area (Å²) < 4.78 is 0. The molecule has 0 aliphatic carbocycles. The van der Waals surface area contributed by atoms with E-state index in [1.165, 1.54) is 5.56 Å². The van der Waals surface area contributed by atoms with Crippen LogP contribution in [0.2, 0.25) is 0 Å². The topological polar surface area (TPSA) is 54.7 Å². The third kappa shape index (κ3) is 2.25. The lowest BCUT2D eigenvalue weighted by Crippen LogP contribution is -2.29. The SMILES string of the molecule is Cc1ccc2nc(CC(N)C(C)C)[nH]c2c1. The van der Waals surface area contributed by atoms with Crippen LogP contribution in [-0.4, -0.2) is 16.0 Å². The van der Waals surface area contributed by atoms with E-state index in [2.05, 4.69) is 42.9 Å². The summed E-state index contributed by atoms with van der Waals surface area (Å²) in [5.41, 5.74) is 9.41. The van der Waals surface area contributed by atoms with Crippen LogP contribution in [0.1, 0.15) is 25.2 Å². The molecule has 16 heavy (non-hydrogen) atoms. The number of aromatic amines is 1. The second kappa shape index (κ2) is 4.26. The van der Waals surface area contributed by atoms with Crippen LogP contribution in [0, 0.1) is 12.8 Å². The van der Waals surface area contributed by atoms with Gasteiger partial charge in [0, 0.05) is 12.5 Å². The number of nitrogens with one attached hydrogen (secondary N) is 1. The molecule has 1 aromatic heterocycles. The van der Waals surface area contributed by atoms with Crippen LogP contribution < -0.4 is 5.73 Å². The van der Waals surface area contributed by atoms with Crippen molar-refractivity contribution in [3.63, 3.8) is 0 Å². The summed E-state index contributed by atoms with van der Waals surface area (Å²) in [5, 5.41) is 0. The van der Waals surface area contributed by atoms with E-state index in [9.17, 15) is 0 Å². The van der Waals surface area contributed by atoms with Crippen LogP contribution in [-0.2, 0) is 6.42 Å². The molecule has 3 heteroatoms. The number of nitrogens with zero attached hydrogens (tertiary/aromatic N) is 1. The zero-order valence-corrected chi connectivity index (χ0v) is 10.1. The fraction of sp³-hybridized carbons (Fsp3) is 0.462. The molecule has 0 aliphatic rings. The number of fused-ring (bicyclic) bond motifs is 1. The number of imidazole rings is 1. The Morgan fingerprint density at radius 1 is 1.38 bits per heavy atom. The number of H-pyrrole nitrogens is 1. The van der Waals surface area contributed by atoms with E-state index in [-0.39, 0.29) is 6.04 Å². The smallest absolute Gasteiger partial charge is 0.108 e. The summed E-state index contributed by atoms with van der Waals surface area (Å²) in [6.07, 6.45) is 0.811. The Hall–Kier alpha value is -1.35. The van der Waals surface area contributed by atoms with Gasteiger partial charge in [-0.15, -0.1) is 0 Å². The van der Waals surface area contributed by atoms with Gasteiger partial charge >= 0.3 is 0 Å². The first kappa shape index (κ1) is 11.1. The van der Waals surface area contributed by atoms with Gasteiger partial charge in [0.15, 0.2) is 0 Å². The van der Waals surface area contributed by atoms with Gasteiger partial charge in [-0.05, 0) is 30.5 Å². The van der Waals surface area contributed by atoms with E-state index in [1.807, 2.05) is 6.07 Å². The molecule has 0 spiro atoms. The molecular weight excluding hydrogens is 198 g/mol. The molecule has 2 rings (SSSR count). The van der Waals surface area contributed by atoms with Crippen molar-refractivity contribution in [2.24, 2.45) is 11.7 Å². The van der Waals surface area contributed by atoms with Crippen molar-refractivity contribution in [3.05, 3.63) is 29.6 Å². The van der Waals surface area contributed by atoms with E-state index in [1.54, 1.807) is 0 Å². The molecule has 86 valence electrons. The maximum atomic E-state index is 6.04. The quantitative estimate of drug-likeness (QED) is 0.829. The van der Waals surface area contributed by atoms with Crippen molar-refractivity contribution in [3.8, 4) is 0 Å². The summed E-state index contributed by atoms with van der Waals surface area (Å²) in [6.45, 7) is 6.36. The number of aromatic nitrogens is 2. The van der Waals surface area contributed by atoms with Gasteiger partial charge in [0.25, 0.3) is 0 Å². The van der Waals surface area contributed by atoms with Crippen molar-refractivity contribution in [2.75, 3.05) is 0 Å². The average molecular weight is 217 g/mol. The minimum absolute atomic E-state index is 0.168.